The molecule has 0 spiro atoms. The van der Waals surface area contributed by atoms with Crippen LogP contribution in [0.2, 0.25) is 5.02 Å². The first-order valence-electron chi connectivity index (χ1n) is 12.5. The highest BCUT2D eigenvalue weighted by atomic mass is 35.5. The van der Waals surface area contributed by atoms with Crippen LogP contribution in [0, 0.1) is 5.82 Å². The summed E-state index contributed by atoms with van der Waals surface area (Å²) in [4.78, 5) is 40.9. The fourth-order valence-electron chi connectivity index (χ4n) is 4.81. The molecule has 0 radical (unpaired) electrons. The van der Waals surface area contributed by atoms with Crippen molar-refractivity contribution in [2.75, 3.05) is 43.5 Å². The van der Waals surface area contributed by atoms with Gasteiger partial charge in [-0.1, -0.05) is 29.8 Å². The van der Waals surface area contributed by atoms with E-state index < -0.39 is 5.82 Å². The van der Waals surface area contributed by atoms with E-state index in [0.717, 1.165) is 17.4 Å². The van der Waals surface area contributed by atoms with E-state index in [9.17, 15) is 14.0 Å². The molecule has 3 heterocycles. The lowest BCUT2D eigenvalue weighted by molar-refractivity contribution is 0.0653. The minimum atomic E-state index is -0.556. The molecule has 0 saturated carbocycles. The first-order chi connectivity index (χ1) is 18.7. The van der Waals surface area contributed by atoms with Gasteiger partial charge in [-0.05, 0) is 42.0 Å². The van der Waals surface area contributed by atoms with Crippen LogP contribution in [0.5, 0.6) is 0 Å². The van der Waals surface area contributed by atoms with Gasteiger partial charge in [0.15, 0.2) is 5.82 Å². The van der Waals surface area contributed by atoms with Gasteiger partial charge in [0.1, 0.15) is 0 Å². The number of halogens is 2. The number of amides is 1. The van der Waals surface area contributed by atoms with Crippen molar-refractivity contribution in [1.82, 2.24) is 19.4 Å². The van der Waals surface area contributed by atoms with Crippen LogP contribution in [0.25, 0.3) is 11.3 Å². The van der Waals surface area contributed by atoms with Crippen LogP contribution in [0.4, 0.5) is 16.0 Å². The third kappa shape index (κ3) is 5.35. The minimum Gasteiger partial charge on any atom is -0.378 e. The van der Waals surface area contributed by atoms with Crippen molar-refractivity contribution in [3.8, 4) is 11.3 Å². The van der Waals surface area contributed by atoms with Crippen molar-refractivity contribution in [2.24, 2.45) is 7.05 Å². The maximum atomic E-state index is 14.5. The normalized spacial score (nSPS) is 15.4. The highest BCUT2D eigenvalue weighted by molar-refractivity contribution is 6.30. The molecule has 0 bridgehead atoms. The number of carbonyl (C=O) groups is 1. The van der Waals surface area contributed by atoms with Crippen molar-refractivity contribution < 1.29 is 9.18 Å². The van der Waals surface area contributed by atoms with E-state index in [-0.39, 0.29) is 28.8 Å². The first-order valence-corrected chi connectivity index (χ1v) is 12.9. The van der Waals surface area contributed by atoms with Gasteiger partial charge in [0.25, 0.3) is 11.5 Å². The Labute approximate surface area is 230 Å². The Bertz CT molecular complexity index is 1570. The third-order valence-electron chi connectivity index (χ3n) is 6.95. The van der Waals surface area contributed by atoms with Crippen molar-refractivity contribution in [1.29, 1.82) is 0 Å². The fourth-order valence-corrected chi connectivity index (χ4v) is 5.00. The van der Waals surface area contributed by atoms with E-state index >= 15 is 0 Å². The predicted molar refractivity (Wildman–Crippen MR) is 151 cm³/mol. The lowest BCUT2D eigenvalue weighted by atomic mass is 10.0. The highest BCUT2D eigenvalue weighted by Gasteiger charge is 2.34. The van der Waals surface area contributed by atoms with Crippen LogP contribution < -0.4 is 15.4 Å². The second kappa shape index (κ2) is 10.9. The molecular weight excluding hydrogens is 519 g/mol. The van der Waals surface area contributed by atoms with Gasteiger partial charge in [-0.15, -0.1) is 0 Å². The molecule has 1 saturated heterocycles. The number of carbonyl (C=O) groups excluding carboxylic acids is 1. The van der Waals surface area contributed by atoms with E-state index in [1.165, 1.54) is 22.9 Å². The minimum absolute atomic E-state index is 0.131. The van der Waals surface area contributed by atoms with Crippen LogP contribution in [0.3, 0.4) is 0 Å². The molecule has 5 rings (SSSR count). The molecule has 0 N–H and O–H groups in total. The van der Waals surface area contributed by atoms with Gasteiger partial charge in [0.2, 0.25) is 5.95 Å². The van der Waals surface area contributed by atoms with Crippen LogP contribution in [0.15, 0.2) is 77.9 Å². The van der Waals surface area contributed by atoms with E-state index in [1.54, 1.807) is 31.3 Å². The van der Waals surface area contributed by atoms with Crippen LogP contribution >= 0.6 is 11.6 Å². The number of hydrogen-bond donors (Lipinski definition) is 0. The summed E-state index contributed by atoms with van der Waals surface area (Å²) in [5, 5.41) is 0.491. The number of pyridine rings is 1. The second-order valence-electron chi connectivity index (χ2n) is 9.65. The number of piperazine rings is 1. The molecule has 2 aromatic carbocycles. The molecule has 1 atom stereocenters. The molecule has 2 aromatic heterocycles. The summed E-state index contributed by atoms with van der Waals surface area (Å²) in [7, 11) is 5.58. The predicted octanol–water partition coefficient (Wildman–Crippen LogP) is 4.40. The Morgan fingerprint density at radius 1 is 1.08 bits per heavy atom. The molecule has 0 aliphatic carbocycles. The summed E-state index contributed by atoms with van der Waals surface area (Å²) < 4.78 is 15.9. The summed E-state index contributed by atoms with van der Waals surface area (Å²) >= 11 is 6.19. The number of anilines is 2. The number of aromatic nitrogens is 3. The summed E-state index contributed by atoms with van der Waals surface area (Å²) in [6.45, 7) is 1.20. The summed E-state index contributed by atoms with van der Waals surface area (Å²) in [5.74, 6) is -0.285. The standard InChI is InChI=1S/C29H28ClFN6O2/c1-34(2)22-9-7-19(8-10-22)26-18-36(13-14-37(26)28(39)20-5-4-6-21(30)15-20)29-33-25(16-27(38)35(29)3)23-11-12-32-17-24(23)31/h4-12,15-17,26H,13-14,18H2,1-3H3/t26-/m1/s1. The Morgan fingerprint density at radius 3 is 2.54 bits per heavy atom. The van der Waals surface area contributed by atoms with E-state index in [4.69, 9.17) is 11.6 Å². The monoisotopic (exact) mass is 546 g/mol. The zero-order valence-electron chi connectivity index (χ0n) is 21.9. The second-order valence-corrected chi connectivity index (χ2v) is 10.1. The molecule has 10 heteroatoms. The molecule has 4 aromatic rings. The summed E-state index contributed by atoms with van der Waals surface area (Å²) in [5.41, 5.74) is 2.62. The Morgan fingerprint density at radius 2 is 1.85 bits per heavy atom. The average molecular weight is 547 g/mol. The SMILES string of the molecule is CN(C)c1ccc([C@H]2CN(c3nc(-c4ccncc4F)cc(=O)n3C)CCN2C(=O)c2cccc(Cl)c2)cc1. The number of hydrogen-bond acceptors (Lipinski definition) is 6. The number of nitrogens with zero attached hydrogens (tertiary/aromatic N) is 6. The lowest BCUT2D eigenvalue weighted by Crippen LogP contribution is -2.52. The topological polar surface area (TPSA) is 74.6 Å². The molecule has 0 unspecified atom stereocenters. The van der Waals surface area contributed by atoms with Gasteiger partial charge in [0, 0.05) is 74.9 Å². The zero-order chi connectivity index (χ0) is 27.7. The highest BCUT2D eigenvalue weighted by Crippen LogP contribution is 2.31. The Balaban J connectivity index is 1.54. The number of benzene rings is 2. The van der Waals surface area contributed by atoms with Crippen molar-refractivity contribution in [3.05, 3.63) is 105 Å². The van der Waals surface area contributed by atoms with Gasteiger partial charge >= 0.3 is 0 Å². The maximum absolute atomic E-state index is 14.5. The van der Waals surface area contributed by atoms with Gasteiger partial charge in [-0.25, -0.2) is 9.37 Å². The molecule has 1 aliphatic rings. The van der Waals surface area contributed by atoms with Crippen molar-refractivity contribution in [3.63, 3.8) is 0 Å². The summed E-state index contributed by atoms with van der Waals surface area (Å²) in [6, 6.07) is 17.4. The zero-order valence-corrected chi connectivity index (χ0v) is 22.6. The molecule has 1 amide bonds. The van der Waals surface area contributed by atoms with E-state index in [1.807, 2.05) is 53.1 Å². The van der Waals surface area contributed by atoms with E-state index in [2.05, 4.69) is 9.97 Å². The molecular formula is C29H28ClFN6O2. The van der Waals surface area contributed by atoms with Gasteiger partial charge < -0.3 is 14.7 Å². The van der Waals surface area contributed by atoms with Gasteiger partial charge in [-0.3, -0.25) is 19.1 Å². The summed E-state index contributed by atoms with van der Waals surface area (Å²) in [6.07, 6.45) is 2.56. The average Bonchev–Trinajstić information content (AvgIpc) is 2.94. The molecule has 1 aliphatic heterocycles. The van der Waals surface area contributed by atoms with Gasteiger partial charge in [0.05, 0.1) is 17.9 Å². The maximum Gasteiger partial charge on any atom is 0.255 e. The first kappa shape index (κ1) is 26.4. The molecule has 39 heavy (non-hydrogen) atoms. The van der Waals surface area contributed by atoms with Crippen molar-refractivity contribution in [2.45, 2.75) is 6.04 Å². The Kier molecular flexibility index (Phi) is 7.34. The molecule has 8 nitrogen and oxygen atoms in total. The van der Waals surface area contributed by atoms with Crippen molar-refractivity contribution >= 4 is 29.1 Å². The lowest BCUT2D eigenvalue weighted by Gasteiger charge is -2.42. The third-order valence-corrected chi connectivity index (χ3v) is 7.18. The molecule has 1 fully saturated rings. The molecule has 200 valence electrons. The van der Waals surface area contributed by atoms with Crippen LogP contribution in [-0.4, -0.2) is 59.1 Å². The Hall–Kier alpha value is -4.24. The largest absolute Gasteiger partial charge is 0.378 e. The van der Waals surface area contributed by atoms with Crippen LogP contribution in [-0.2, 0) is 7.05 Å². The smallest absolute Gasteiger partial charge is 0.255 e. The van der Waals surface area contributed by atoms with Crippen LogP contribution in [0.1, 0.15) is 22.0 Å². The van der Waals surface area contributed by atoms with Gasteiger partial charge in [-0.2, -0.15) is 0 Å². The fraction of sp³-hybridized carbons (Fsp3) is 0.241. The quantitative estimate of drug-likeness (QED) is 0.369. The number of rotatable bonds is 5. The van der Waals surface area contributed by atoms with E-state index in [0.29, 0.717) is 36.2 Å².